The number of halogens is 1. The highest BCUT2D eigenvalue weighted by atomic mass is 19.1. The van der Waals surface area contributed by atoms with Crippen molar-refractivity contribution in [3.05, 3.63) is 29.6 Å². The van der Waals surface area contributed by atoms with Gasteiger partial charge in [-0.2, -0.15) is 0 Å². The van der Waals surface area contributed by atoms with Gasteiger partial charge in [0.2, 0.25) is 0 Å². The average molecular weight is 291 g/mol. The maximum atomic E-state index is 13.8. The first-order chi connectivity index (χ1) is 10.3. The maximum Gasteiger partial charge on any atom is 0.165 e. The molecule has 1 aromatic rings. The molecular weight excluding hydrogens is 265 g/mol. The van der Waals surface area contributed by atoms with Gasteiger partial charge in [0.15, 0.2) is 11.6 Å². The zero-order chi connectivity index (χ0) is 14.7. The van der Waals surface area contributed by atoms with E-state index in [0.29, 0.717) is 11.7 Å². The first kappa shape index (κ1) is 14.8. The number of methoxy groups -OCH3 is 1. The van der Waals surface area contributed by atoms with Crippen molar-refractivity contribution in [2.24, 2.45) is 11.8 Å². The van der Waals surface area contributed by atoms with Gasteiger partial charge in [-0.05, 0) is 68.2 Å². The quantitative estimate of drug-likeness (QED) is 0.857. The van der Waals surface area contributed by atoms with E-state index in [9.17, 15) is 4.39 Å². The highest BCUT2D eigenvalue weighted by Crippen LogP contribution is 2.33. The van der Waals surface area contributed by atoms with Crippen LogP contribution in [0.3, 0.4) is 0 Å². The van der Waals surface area contributed by atoms with Crippen LogP contribution in [0.1, 0.15) is 44.1 Å². The molecule has 0 radical (unpaired) electrons. The Hall–Kier alpha value is -1.09. The lowest BCUT2D eigenvalue weighted by Gasteiger charge is -2.32. The second-order valence-corrected chi connectivity index (χ2v) is 6.66. The van der Waals surface area contributed by atoms with E-state index in [1.54, 1.807) is 12.1 Å². The van der Waals surface area contributed by atoms with Crippen LogP contribution in [-0.4, -0.2) is 19.7 Å². The lowest BCUT2D eigenvalue weighted by atomic mass is 9.76. The van der Waals surface area contributed by atoms with Gasteiger partial charge >= 0.3 is 0 Å². The van der Waals surface area contributed by atoms with E-state index in [0.717, 1.165) is 30.5 Å². The molecule has 2 aliphatic carbocycles. The third kappa shape index (κ3) is 3.97. The number of nitrogens with one attached hydrogen (secondary N) is 1. The molecular formula is C18H26FNO. The van der Waals surface area contributed by atoms with Crippen LogP contribution < -0.4 is 10.1 Å². The Bertz CT molecular complexity index is 472. The summed E-state index contributed by atoms with van der Waals surface area (Å²) in [4.78, 5) is 0. The fourth-order valence-corrected chi connectivity index (χ4v) is 3.57. The summed E-state index contributed by atoms with van der Waals surface area (Å²) in [6.07, 6.45) is 8.97. The molecule has 2 unspecified atom stereocenters. The van der Waals surface area contributed by atoms with Gasteiger partial charge in [0.1, 0.15) is 0 Å². The van der Waals surface area contributed by atoms with Crippen LogP contribution >= 0.6 is 0 Å². The van der Waals surface area contributed by atoms with Crippen LogP contribution in [0.25, 0.3) is 0 Å². The Labute approximate surface area is 127 Å². The number of benzene rings is 1. The van der Waals surface area contributed by atoms with Crippen LogP contribution in [-0.2, 0) is 6.42 Å². The van der Waals surface area contributed by atoms with Crippen LogP contribution in [0, 0.1) is 17.7 Å². The monoisotopic (exact) mass is 291 g/mol. The Morgan fingerprint density at radius 3 is 2.57 bits per heavy atom. The SMILES string of the molecule is COc1ccc(CC2CCCCC2CNC2CC2)cc1F. The summed E-state index contributed by atoms with van der Waals surface area (Å²) in [5, 5.41) is 3.68. The minimum Gasteiger partial charge on any atom is -0.494 e. The zero-order valence-corrected chi connectivity index (χ0v) is 12.9. The van der Waals surface area contributed by atoms with Crippen molar-refractivity contribution >= 4 is 0 Å². The molecule has 2 nitrogen and oxygen atoms in total. The summed E-state index contributed by atoms with van der Waals surface area (Å²) >= 11 is 0. The smallest absolute Gasteiger partial charge is 0.165 e. The second-order valence-electron chi connectivity index (χ2n) is 6.66. The molecule has 1 N–H and O–H groups in total. The molecule has 0 amide bonds. The van der Waals surface area contributed by atoms with E-state index >= 15 is 0 Å². The molecule has 21 heavy (non-hydrogen) atoms. The van der Waals surface area contributed by atoms with E-state index in [-0.39, 0.29) is 5.82 Å². The van der Waals surface area contributed by atoms with E-state index in [1.807, 2.05) is 6.07 Å². The molecule has 0 spiro atoms. The molecule has 2 fully saturated rings. The molecule has 2 aliphatic rings. The summed E-state index contributed by atoms with van der Waals surface area (Å²) < 4.78 is 18.8. The van der Waals surface area contributed by atoms with Crippen molar-refractivity contribution in [3.8, 4) is 5.75 Å². The summed E-state index contributed by atoms with van der Waals surface area (Å²) in [6.45, 7) is 1.15. The van der Waals surface area contributed by atoms with Crippen molar-refractivity contribution in [2.75, 3.05) is 13.7 Å². The van der Waals surface area contributed by atoms with Crippen molar-refractivity contribution < 1.29 is 9.13 Å². The van der Waals surface area contributed by atoms with Gasteiger partial charge in [-0.3, -0.25) is 0 Å². The lowest BCUT2D eigenvalue weighted by molar-refractivity contribution is 0.228. The maximum absolute atomic E-state index is 13.8. The van der Waals surface area contributed by atoms with E-state index in [4.69, 9.17) is 4.74 Å². The second kappa shape index (κ2) is 6.78. The Morgan fingerprint density at radius 1 is 1.14 bits per heavy atom. The van der Waals surface area contributed by atoms with E-state index < -0.39 is 0 Å². The van der Waals surface area contributed by atoms with Crippen molar-refractivity contribution in [1.82, 2.24) is 5.32 Å². The first-order valence-electron chi connectivity index (χ1n) is 8.32. The minimum atomic E-state index is -0.238. The topological polar surface area (TPSA) is 21.3 Å². The Morgan fingerprint density at radius 2 is 1.90 bits per heavy atom. The standard InChI is InChI=1S/C18H26FNO/c1-21-18-9-6-13(11-17(18)19)10-14-4-2-3-5-15(14)12-20-16-7-8-16/h6,9,11,14-16,20H,2-5,7-8,10,12H2,1H3. The first-order valence-corrected chi connectivity index (χ1v) is 8.32. The molecule has 2 saturated carbocycles. The third-order valence-electron chi connectivity index (χ3n) is 5.03. The molecule has 2 atom stereocenters. The fourth-order valence-electron chi connectivity index (χ4n) is 3.57. The minimum absolute atomic E-state index is 0.238. The van der Waals surface area contributed by atoms with Gasteiger partial charge in [0.05, 0.1) is 7.11 Å². The van der Waals surface area contributed by atoms with Crippen LogP contribution in [0.2, 0.25) is 0 Å². The highest BCUT2D eigenvalue weighted by Gasteiger charge is 2.28. The molecule has 0 aromatic heterocycles. The summed E-state index contributed by atoms with van der Waals surface area (Å²) in [6, 6.07) is 6.21. The molecule has 3 heteroatoms. The van der Waals surface area contributed by atoms with Gasteiger partial charge < -0.3 is 10.1 Å². The molecule has 0 bridgehead atoms. The number of hydrogen-bond donors (Lipinski definition) is 1. The lowest BCUT2D eigenvalue weighted by Crippen LogP contribution is -2.32. The van der Waals surface area contributed by atoms with Crippen LogP contribution in [0.15, 0.2) is 18.2 Å². The number of hydrogen-bond acceptors (Lipinski definition) is 2. The van der Waals surface area contributed by atoms with E-state index in [1.165, 1.54) is 45.6 Å². The molecule has 3 rings (SSSR count). The third-order valence-corrected chi connectivity index (χ3v) is 5.03. The molecule has 0 saturated heterocycles. The molecule has 0 heterocycles. The molecule has 1 aromatic carbocycles. The fraction of sp³-hybridized carbons (Fsp3) is 0.667. The van der Waals surface area contributed by atoms with Gasteiger partial charge in [0, 0.05) is 6.04 Å². The predicted octanol–water partition coefficient (Wildman–Crippen LogP) is 3.94. The normalized spacial score (nSPS) is 25.8. The highest BCUT2D eigenvalue weighted by molar-refractivity contribution is 5.29. The largest absolute Gasteiger partial charge is 0.494 e. The summed E-state index contributed by atoms with van der Waals surface area (Å²) in [5.74, 6) is 1.55. The Balaban J connectivity index is 1.61. The van der Waals surface area contributed by atoms with Crippen molar-refractivity contribution in [3.63, 3.8) is 0 Å². The summed E-state index contributed by atoms with van der Waals surface area (Å²) in [5.41, 5.74) is 1.11. The van der Waals surface area contributed by atoms with Gasteiger partial charge in [-0.1, -0.05) is 18.9 Å². The average Bonchev–Trinajstić information content (AvgIpc) is 3.31. The molecule has 116 valence electrons. The van der Waals surface area contributed by atoms with Gasteiger partial charge in [-0.25, -0.2) is 4.39 Å². The predicted molar refractivity (Wildman–Crippen MR) is 83.1 cm³/mol. The number of rotatable bonds is 6. The van der Waals surface area contributed by atoms with Gasteiger partial charge in [0.25, 0.3) is 0 Å². The molecule has 0 aliphatic heterocycles. The summed E-state index contributed by atoms with van der Waals surface area (Å²) in [7, 11) is 1.51. The zero-order valence-electron chi connectivity index (χ0n) is 12.9. The van der Waals surface area contributed by atoms with Gasteiger partial charge in [-0.15, -0.1) is 0 Å². The Kier molecular flexibility index (Phi) is 4.79. The number of ether oxygens (including phenoxy) is 1. The van der Waals surface area contributed by atoms with Crippen LogP contribution in [0.5, 0.6) is 5.75 Å². The van der Waals surface area contributed by atoms with Crippen LogP contribution in [0.4, 0.5) is 4.39 Å². The van der Waals surface area contributed by atoms with E-state index in [2.05, 4.69) is 5.32 Å². The van der Waals surface area contributed by atoms with Crippen molar-refractivity contribution in [1.29, 1.82) is 0 Å². The van der Waals surface area contributed by atoms with Crippen molar-refractivity contribution in [2.45, 2.75) is 51.0 Å².